The Kier molecular flexibility index (Phi) is 7.50. The SMILES string of the molecule is CCCCCCC(C(=O)NO)[SH](C)(=O)C(=O)Nc1ccc2ccccc2c1. The summed E-state index contributed by atoms with van der Waals surface area (Å²) >= 11 is 0. The molecule has 148 valence electrons. The van der Waals surface area contributed by atoms with Gasteiger partial charge in [0.05, 0.1) is 0 Å². The molecule has 2 aromatic carbocycles. The number of hydrogen-bond acceptors (Lipinski definition) is 4. The number of unbranched alkanes of at least 4 members (excludes halogenated alkanes) is 3. The lowest BCUT2D eigenvalue weighted by Crippen LogP contribution is -2.46. The second kappa shape index (κ2) is 9.62. The van der Waals surface area contributed by atoms with Crippen LogP contribution in [0.1, 0.15) is 39.0 Å². The van der Waals surface area contributed by atoms with E-state index >= 15 is 0 Å². The number of hydroxylamine groups is 1. The summed E-state index contributed by atoms with van der Waals surface area (Å²) in [5.41, 5.74) is 2.09. The number of fused-ring (bicyclic) bond motifs is 1. The highest BCUT2D eigenvalue weighted by atomic mass is 32.2. The number of hydrogen-bond donors (Lipinski definition) is 4. The summed E-state index contributed by atoms with van der Waals surface area (Å²) < 4.78 is 13.2. The van der Waals surface area contributed by atoms with E-state index in [0.29, 0.717) is 18.5 Å². The minimum Gasteiger partial charge on any atom is -0.316 e. The van der Waals surface area contributed by atoms with Crippen molar-refractivity contribution in [3.63, 3.8) is 0 Å². The third-order valence-electron chi connectivity index (χ3n) is 4.74. The fraction of sp³-hybridized carbons (Fsp3) is 0.400. The highest BCUT2D eigenvalue weighted by molar-refractivity contribution is 8.17. The molecule has 0 heterocycles. The summed E-state index contributed by atoms with van der Waals surface area (Å²) in [6.07, 6.45) is 5.20. The molecule has 0 bridgehead atoms. The number of carbonyl (C=O) groups is 2. The number of rotatable bonds is 8. The van der Waals surface area contributed by atoms with Gasteiger partial charge in [0.2, 0.25) is 0 Å². The molecule has 0 fully saturated rings. The van der Waals surface area contributed by atoms with Crippen LogP contribution in [0, 0.1) is 0 Å². The molecule has 6 nitrogen and oxygen atoms in total. The lowest BCUT2D eigenvalue weighted by atomic mass is 10.1. The lowest BCUT2D eigenvalue weighted by molar-refractivity contribution is -0.128. The van der Waals surface area contributed by atoms with Crippen molar-refractivity contribution in [1.82, 2.24) is 5.48 Å². The summed E-state index contributed by atoms with van der Waals surface area (Å²) in [5, 5.41) is 11.9. The highest BCUT2D eigenvalue weighted by Crippen LogP contribution is 2.23. The molecular weight excluding hydrogens is 364 g/mol. The van der Waals surface area contributed by atoms with Crippen LogP contribution in [0.2, 0.25) is 0 Å². The molecule has 2 amide bonds. The molecule has 7 heteroatoms. The second-order valence-electron chi connectivity index (χ2n) is 6.82. The molecule has 0 radical (unpaired) electrons. The molecule has 0 saturated heterocycles. The Hall–Kier alpha value is -2.25. The zero-order chi connectivity index (χ0) is 19.9. The van der Waals surface area contributed by atoms with Crippen LogP contribution in [0.25, 0.3) is 10.8 Å². The van der Waals surface area contributed by atoms with Crippen LogP contribution in [0.3, 0.4) is 0 Å². The van der Waals surface area contributed by atoms with E-state index in [1.54, 1.807) is 17.6 Å². The van der Waals surface area contributed by atoms with Crippen molar-refractivity contribution in [2.75, 3.05) is 11.6 Å². The molecule has 1 atom stereocenters. The van der Waals surface area contributed by atoms with Gasteiger partial charge in [-0.2, -0.15) is 0 Å². The van der Waals surface area contributed by atoms with Crippen LogP contribution < -0.4 is 10.8 Å². The van der Waals surface area contributed by atoms with Crippen molar-refractivity contribution in [1.29, 1.82) is 0 Å². The van der Waals surface area contributed by atoms with Crippen LogP contribution in [0.5, 0.6) is 0 Å². The number of carbonyl (C=O) groups excluding carboxylic acids is 2. The van der Waals surface area contributed by atoms with Crippen molar-refractivity contribution < 1.29 is 19.0 Å². The van der Waals surface area contributed by atoms with Crippen LogP contribution in [0.4, 0.5) is 10.5 Å². The van der Waals surface area contributed by atoms with Gasteiger partial charge >= 0.3 is 0 Å². The predicted octanol–water partition coefficient (Wildman–Crippen LogP) is 3.86. The van der Waals surface area contributed by atoms with Gasteiger partial charge in [0.15, 0.2) is 0 Å². The third-order valence-corrected chi connectivity index (χ3v) is 7.34. The molecule has 1 unspecified atom stereocenters. The van der Waals surface area contributed by atoms with E-state index in [1.807, 2.05) is 30.3 Å². The number of anilines is 1. The van der Waals surface area contributed by atoms with Crippen molar-refractivity contribution >= 4 is 37.5 Å². The molecule has 0 aromatic heterocycles. The molecule has 0 aliphatic heterocycles. The number of nitrogens with one attached hydrogen (secondary N) is 2. The number of amides is 2. The van der Waals surface area contributed by atoms with Gasteiger partial charge in [-0.3, -0.25) is 19.0 Å². The summed E-state index contributed by atoms with van der Waals surface area (Å²) in [5.74, 6) is -0.772. The van der Waals surface area contributed by atoms with Crippen molar-refractivity contribution in [3.8, 4) is 0 Å². The summed E-state index contributed by atoms with van der Waals surface area (Å²) in [7, 11) is -3.56. The molecular formula is C20H28N2O4S. The fourth-order valence-electron chi connectivity index (χ4n) is 3.08. The van der Waals surface area contributed by atoms with Gasteiger partial charge in [-0.1, -0.05) is 62.9 Å². The topological polar surface area (TPSA) is 95.5 Å². The fourth-order valence-corrected chi connectivity index (χ4v) is 4.90. The van der Waals surface area contributed by atoms with Gasteiger partial charge in [0, 0.05) is 5.69 Å². The maximum Gasteiger partial charge on any atom is 0.290 e. The summed E-state index contributed by atoms with van der Waals surface area (Å²) in [4.78, 5) is 24.7. The van der Waals surface area contributed by atoms with E-state index in [4.69, 9.17) is 5.21 Å². The molecule has 2 rings (SSSR count). The number of benzene rings is 2. The second-order valence-corrected chi connectivity index (χ2v) is 9.83. The Balaban J connectivity index is 2.15. The third kappa shape index (κ3) is 5.37. The Bertz CT molecular complexity index is 853. The van der Waals surface area contributed by atoms with E-state index in [0.717, 1.165) is 30.0 Å². The van der Waals surface area contributed by atoms with Gasteiger partial charge in [0.1, 0.15) is 5.25 Å². The van der Waals surface area contributed by atoms with Gasteiger partial charge in [-0.25, -0.2) is 5.48 Å². The van der Waals surface area contributed by atoms with Gasteiger partial charge in [0.25, 0.3) is 11.1 Å². The average molecular weight is 393 g/mol. The van der Waals surface area contributed by atoms with E-state index in [-0.39, 0.29) is 0 Å². The van der Waals surface area contributed by atoms with Crippen molar-refractivity contribution in [2.45, 2.75) is 44.3 Å². The highest BCUT2D eigenvalue weighted by Gasteiger charge is 2.35. The first-order chi connectivity index (χ1) is 12.9. The smallest absolute Gasteiger partial charge is 0.290 e. The van der Waals surface area contributed by atoms with E-state index in [9.17, 15) is 13.8 Å². The Morgan fingerprint density at radius 2 is 1.78 bits per heavy atom. The van der Waals surface area contributed by atoms with E-state index < -0.39 is 26.3 Å². The molecule has 0 spiro atoms. The molecule has 0 aliphatic carbocycles. The molecule has 3 N–H and O–H groups in total. The lowest BCUT2D eigenvalue weighted by Gasteiger charge is -2.26. The quantitative estimate of drug-likeness (QED) is 0.237. The zero-order valence-corrected chi connectivity index (χ0v) is 16.7. The van der Waals surface area contributed by atoms with Crippen molar-refractivity contribution in [3.05, 3.63) is 42.5 Å². The predicted molar refractivity (Wildman–Crippen MR) is 111 cm³/mol. The Morgan fingerprint density at radius 3 is 2.44 bits per heavy atom. The summed E-state index contributed by atoms with van der Waals surface area (Å²) in [6, 6.07) is 13.1. The maximum atomic E-state index is 13.2. The first kappa shape index (κ1) is 21.1. The van der Waals surface area contributed by atoms with Crippen molar-refractivity contribution in [2.24, 2.45) is 0 Å². The minimum absolute atomic E-state index is 0.297. The van der Waals surface area contributed by atoms with Gasteiger partial charge in [-0.15, -0.1) is 0 Å². The van der Waals surface area contributed by atoms with E-state index in [1.165, 1.54) is 6.26 Å². The largest absolute Gasteiger partial charge is 0.316 e. The molecule has 0 aliphatic rings. The maximum absolute atomic E-state index is 13.2. The van der Waals surface area contributed by atoms with Crippen LogP contribution in [-0.4, -0.2) is 32.1 Å². The Labute approximate surface area is 160 Å². The monoisotopic (exact) mass is 392 g/mol. The van der Waals surface area contributed by atoms with E-state index in [2.05, 4.69) is 12.2 Å². The molecule has 2 aromatic rings. The normalized spacial score (nSPS) is 13.1. The van der Waals surface area contributed by atoms with Gasteiger partial charge < -0.3 is 5.32 Å². The van der Waals surface area contributed by atoms with Crippen LogP contribution >= 0.6 is 0 Å². The Morgan fingerprint density at radius 1 is 1.07 bits per heavy atom. The minimum atomic E-state index is -3.56. The van der Waals surface area contributed by atoms with Crippen LogP contribution in [-0.2, 0) is 14.7 Å². The van der Waals surface area contributed by atoms with Crippen LogP contribution in [0.15, 0.2) is 42.5 Å². The number of thiol groups is 1. The summed E-state index contributed by atoms with van der Waals surface area (Å²) in [6.45, 7) is 2.07. The standard InChI is InChI=1S/C20H28N2O4S/c1-3-4-5-6-11-18(19(23)22-25)27(2,26)20(24)21-17-13-12-15-9-7-8-10-16(15)14-17/h7-10,12-14,18,25,27H,3-6,11H2,1-2H3,(H,21,24)(H,22,23). The molecule has 27 heavy (non-hydrogen) atoms. The molecule has 0 saturated carbocycles. The first-order valence-electron chi connectivity index (χ1n) is 9.21. The zero-order valence-electron chi connectivity index (χ0n) is 15.8. The van der Waals surface area contributed by atoms with Gasteiger partial charge in [-0.05, 0) is 45.5 Å². The average Bonchev–Trinajstić information content (AvgIpc) is 2.67. The first-order valence-corrected chi connectivity index (χ1v) is 11.4.